The van der Waals surface area contributed by atoms with E-state index < -0.39 is 0 Å². The molecule has 3 rings (SSSR count). The molecule has 0 unspecified atom stereocenters. The van der Waals surface area contributed by atoms with E-state index in [2.05, 4.69) is 10.1 Å². The molecule has 0 radical (unpaired) electrons. The van der Waals surface area contributed by atoms with Crippen molar-refractivity contribution in [2.45, 2.75) is 6.92 Å². The summed E-state index contributed by atoms with van der Waals surface area (Å²) in [4.78, 5) is 4.48. The summed E-state index contributed by atoms with van der Waals surface area (Å²) in [6, 6.07) is 9.21. The highest BCUT2D eigenvalue weighted by Crippen LogP contribution is 2.25. The predicted octanol–water partition coefficient (Wildman–Crippen LogP) is 2.43. The smallest absolute Gasteiger partial charge is 0.157 e. The van der Waals surface area contributed by atoms with Crippen molar-refractivity contribution in [3.8, 4) is 11.6 Å². The second-order valence-corrected chi connectivity index (χ2v) is 3.97. The van der Waals surface area contributed by atoms with E-state index in [0.717, 1.165) is 16.5 Å². The van der Waals surface area contributed by atoms with Crippen LogP contribution < -0.4 is 0 Å². The summed E-state index contributed by atoms with van der Waals surface area (Å²) in [5.41, 5.74) is 1.89. The molecule has 0 aliphatic carbocycles. The summed E-state index contributed by atoms with van der Waals surface area (Å²) < 4.78 is 1.63. The lowest BCUT2D eigenvalue weighted by Gasteiger charge is -2.06. The number of fused-ring (bicyclic) bond motifs is 1. The highest BCUT2D eigenvalue weighted by atomic mass is 16.3. The van der Waals surface area contributed by atoms with Gasteiger partial charge in [0, 0.05) is 23.8 Å². The van der Waals surface area contributed by atoms with Crippen LogP contribution in [0, 0.1) is 6.92 Å². The molecule has 0 aliphatic rings. The lowest BCUT2D eigenvalue weighted by Crippen LogP contribution is -1.98. The van der Waals surface area contributed by atoms with Crippen molar-refractivity contribution in [1.82, 2.24) is 14.8 Å². The molecule has 2 aromatic heterocycles. The largest absolute Gasteiger partial charge is 0.507 e. The summed E-state index contributed by atoms with van der Waals surface area (Å²) in [6.07, 6.45) is 3.47. The van der Waals surface area contributed by atoms with E-state index >= 15 is 0 Å². The Morgan fingerprint density at radius 2 is 2.12 bits per heavy atom. The van der Waals surface area contributed by atoms with Gasteiger partial charge < -0.3 is 5.11 Å². The number of aryl methyl sites for hydroxylation is 1. The number of hydrogen-bond acceptors (Lipinski definition) is 3. The maximum absolute atomic E-state index is 9.96. The lowest BCUT2D eigenvalue weighted by molar-refractivity contribution is 0.480. The number of nitrogens with zero attached hydrogens (tertiary/aromatic N) is 3. The van der Waals surface area contributed by atoms with Crippen molar-refractivity contribution >= 4 is 10.9 Å². The van der Waals surface area contributed by atoms with Crippen LogP contribution in [0.4, 0.5) is 0 Å². The van der Waals surface area contributed by atoms with E-state index in [1.165, 1.54) is 0 Å². The van der Waals surface area contributed by atoms with E-state index in [4.69, 9.17) is 0 Å². The Labute approximate surface area is 98.2 Å². The van der Waals surface area contributed by atoms with Crippen LogP contribution in [0.25, 0.3) is 16.7 Å². The van der Waals surface area contributed by atoms with Crippen molar-refractivity contribution in [1.29, 1.82) is 0 Å². The molecule has 17 heavy (non-hydrogen) atoms. The third kappa shape index (κ3) is 1.63. The van der Waals surface area contributed by atoms with Gasteiger partial charge in [-0.2, -0.15) is 5.10 Å². The van der Waals surface area contributed by atoms with Crippen LogP contribution in [0.2, 0.25) is 0 Å². The van der Waals surface area contributed by atoms with Crippen LogP contribution in [0.3, 0.4) is 0 Å². The minimum atomic E-state index is 0.223. The first-order valence-corrected chi connectivity index (χ1v) is 5.34. The van der Waals surface area contributed by atoms with Gasteiger partial charge in [-0.1, -0.05) is 6.07 Å². The number of benzene rings is 1. The fourth-order valence-electron chi connectivity index (χ4n) is 1.83. The fourth-order valence-corrected chi connectivity index (χ4v) is 1.83. The van der Waals surface area contributed by atoms with Gasteiger partial charge in [0.25, 0.3) is 0 Å². The van der Waals surface area contributed by atoms with Crippen molar-refractivity contribution in [3.05, 3.63) is 48.3 Å². The first-order chi connectivity index (χ1) is 8.24. The monoisotopic (exact) mass is 225 g/mol. The van der Waals surface area contributed by atoms with Crippen LogP contribution >= 0.6 is 0 Å². The number of hydrogen-bond donors (Lipinski definition) is 1. The molecule has 3 aromatic rings. The molecule has 1 aromatic carbocycles. The molecular weight excluding hydrogens is 214 g/mol. The summed E-state index contributed by atoms with van der Waals surface area (Å²) in [7, 11) is 0. The van der Waals surface area contributed by atoms with E-state index in [1.54, 1.807) is 23.1 Å². The molecule has 2 heterocycles. The Balaban J connectivity index is 2.29. The number of pyridine rings is 1. The van der Waals surface area contributed by atoms with Gasteiger partial charge in [-0.15, -0.1) is 0 Å². The van der Waals surface area contributed by atoms with Crippen molar-refractivity contribution in [3.63, 3.8) is 0 Å². The van der Waals surface area contributed by atoms with Crippen molar-refractivity contribution in [2.75, 3.05) is 0 Å². The van der Waals surface area contributed by atoms with Gasteiger partial charge in [0.15, 0.2) is 5.82 Å². The molecule has 0 saturated carbocycles. The van der Waals surface area contributed by atoms with Gasteiger partial charge in [0.1, 0.15) is 5.75 Å². The third-order valence-corrected chi connectivity index (χ3v) is 2.67. The maximum atomic E-state index is 9.96. The Morgan fingerprint density at radius 3 is 2.88 bits per heavy atom. The van der Waals surface area contributed by atoms with Crippen LogP contribution in [-0.4, -0.2) is 19.9 Å². The second-order valence-electron chi connectivity index (χ2n) is 3.97. The zero-order valence-electron chi connectivity index (χ0n) is 9.33. The SMILES string of the molecule is Cc1ccc2c(O)cc(-n3cccn3)nc2c1. The van der Waals surface area contributed by atoms with Crippen LogP contribution in [0.1, 0.15) is 5.56 Å². The molecule has 0 fully saturated rings. The molecule has 4 nitrogen and oxygen atoms in total. The lowest BCUT2D eigenvalue weighted by atomic mass is 10.1. The van der Waals surface area contributed by atoms with Crippen molar-refractivity contribution < 1.29 is 5.11 Å². The molecule has 4 heteroatoms. The first-order valence-electron chi connectivity index (χ1n) is 5.34. The summed E-state index contributed by atoms with van der Waals surface area (Å²) in [6.45, 7) is 2.00. The second kappa shape index (κ2) is 3.59. The van der Waals surface area contributed by atoms with Gasteiger partial charge in [0.2, 0.25) is 0 Å². The molecule has 0 amide bonds. The maximum Gasteiger partial charge on any atom is 0.157 e. The topological polar surface area (TPSA) is 50.9 Å². The minimum Gasteiger partial charge on any atom is -0.507 e. The van der Waals surface area contributed by atoms with E-state index in [9.17, 15) is 5.11 Å². The highest BCUT2D eigenvalue weighted by Gasteiger charge is 2.06. The Bertz CT molecular complexity index is 674. The summed E-state index contributed by atoms with van der Waals surface area (Å²) >= 11 is 0. The van der Waals surface area contributed by atoms with Crippen LogP contribution in [0.5, 0.6) is 5.75 Å². The molecule has 84 valence electrons. The third-order valence-electron chi connectivity index (χ3n) is 2.67. The minimum absolute atomic E-state index is 0.223. The first kappa shape index (κ1) is 9.84. The average Bonchev–Trinajstić information content (AvgIpc) is 2.81. The van der Waals surface area contributed by atoms with Crippen LogP contribution in [-0.2, 0) is 0 Å². The quantitative estimate of drug-likeness (QED) is 0.692. The summed E-state index contributed by atoms with van der Waals surface area (Å²) in [5.74, 6) is 0.839. The fraction of sp³-hybridized carbons (Fsp3) is 0.0769. The van der Waals surface area contributed by atoms with Gasteiger partial charge in [-0.05, 0) is 30.7 Å². The number of rotatable bonds is 1. The Morgan fingerprint density at radius 1 is 1.24 bits per heavy atom. The highest BCUT2D eigenvalue weighted by molar-refractivity contribution is 5.86. The van der Waals surface area contributed by atoms with Gasteiger partial charge in [0.05, 0.1) is 5.52 Å². The van der Waals surface area contributed by atoms with E-state index in [0.29, 0.717) is 5.82 Å². The van der Waals surface area contributed by atoms with E-state index in [1.807, 2.05) is 31.2 Å². The standard InChI is InChI=1S/C13H11N3O/c1-9-3-4-10-11(7-9)15-13(8-12(10)17)16-6-2-5-14-16/h2-8H,1H3,(H,15,17). The van der Waals surface area contributed by atoms with Gasteiger partial charge in [-0.25, -0.2) is 9.67 Å². The Kier molecular flexibility index (Phi) is 2.08. The predicted molar refractivity (Wildman–Crippen MR) is 65.3 cm³/mol. The van der Waals surface area contributed by atoms with Crippen molar-refractivity contribution in [2.24, 2.45) is 0 Å². The van der Waals surface area contributed by atoms with Gasteiger partial charge in [-0.3, -0.25) is 0 Å². The molecule has 0 atom stereocenters. The molecule has 0 spiro atoms. The average molecular weight is 225 g/mol. The van der Waals surface area contributed by atoms with Crippen LogP contribution in [0.15, 0.2) is 42.7 Å². The molecular formula is C13H11N3O. The Hall–Kier alpha value is -2.36. The van der Waals surface area contributed by atoms with E-state index in [-0.39, 0.29) is 5.75 Å². The number of aromatic nitrogens is 3. The summed E-state index contributed by atoms with van der Waals surface area (Å²) in [5, 5.41) is 14.8. The molecule has 0 saturated heterocycles. The zero-order chi connectivity index (χ0) is 11.8. The number of aromatic hydroxyl groups is 1. The molecule has 1 N–H and O–H groups in total. The molecule has 0 bridgehead atoms. The molecule has 0 aliphatic heterocycles. The normalized spacial score (nSPS) is 10.9. The zero-order valence-corrected chi connectivity index (χ0v) is 9.33. The van der Waals surface area contributed by atoms with Gasteiger partial charge >= 0.3 is 0 Å².